The molecular formula is C18H21N3. The van der Waals surface area contributed by atoms with Gasteiger partial charge in [0.2, 0.25) is 0 Å². The Balaban J connectivity index is 2.34. The minimum absolute atomic E-state index is 0.483. The molecule has 0 aliphatic carbocycles. The van der Waals surface area contributed by atoms with E-state index in [4.69, 9.17) is 5.73 Å². The van der Waals surface area contributed by atoms with Crippen LogP contribution in [0.15, 0.2) is 70.6 Å². The molecule has 2 rings (SSSR count). The molecule has 0 heterocycles. The smallest absolute Gasteiger partial charge is 0.156 e. The van der Waals surface area contributed by atoms with E-state index in [1.807, 2.05) is 60.7 Å². The van der Waals surface area contributed by atoms with E-state index >= 15 is 0 Å². The summed E-state index contributed by atoms with van der Waals surface area (Å²) >= 11 is 0. The standard InChI is InChI=1S/C18H21N3/c1-14(2)13-20-18(16-11-7-4-8-12-16)21-17(19)15-9-5-3-6-10-15/h3-12,14H,13H2,1-2H3,(H2,19,20,21). The molecule has 2 aromatic carbocycles. The van der Waals surface area contributed by atoms with Crippen LogP contribution in [0, 0.1) is 5.92 Å². The lowest BCUT2D eigenvalue weighted by molar-refractivity contribution is 0.665. The molecular weight excluding hydrogens is 258 g/mol. The Morgan fingerprint density at radius 3 is 1.95 bits per heavy atom. The fourth-order valence-electron chi connectivity index (χ4n) is 1.84. The molecule has 2 N–H and O–H groups in total. The summed E-state index contributed by atoms with van der Waals surface area (Å²) in [6, 6.07) is 19.7. The van der Waals surface area contributed by atoms with Crippen LogP contribution in [-0.4, -0.2) is 18.2 Å². The van der Waals surface area contributed by atoms with Crippen LogP contribution in [0.4, 0.5) is 0 Å². The van der Waals surface area contributed by atoms with Gasteiger partial charge in [-0.15, -0.1) is 0 Å². The number of hydrogen-bond donors (Lipinski definition) is 1. The lowest BCUT2D eigenvalue weighted by atomic mass is 10.2. The van der Waals surface area contributed by atoms with Crippen LogP contribution >= 0.6 is 0 Å². The zero-order chi connectivity index (χ0) is 15.1. The number of rotatable bonds is 4. The fraction of sp³-hybridized carbons (Fsp3) is 0.222. The largest absolute Gasteiger partial charge is 0.383 e. The van der Waals surface area contributed by atoms with E-state index in [0.29, 0.717) is 17.6 Å². The second kappa shape index (κ2) is 7.39. The Bertz CT molecular complexity index is 613. The molecule has 0 amide bonds. The van der Waals surface area contributed by atoms with E-state index in [2.05, 4.69) is 23.8 Å². The summed E-state index contributed by atoms with van der Waals surface area (Å²) in [6.45, 7) is 5.00. The van der Waals surface area contributed by atoms with Crippen molar-refractivity contribution in [2.24, 2.45) is 21.6 Å². The highest BCUT2D eigenvalue weighted by molar-refractivity contribution is 6.10. The maximum absolute atomic E-state index is 6.11. The molecule has 3 heteroatoms. The third kappa shape index (κ3) is 4.56. The molecule has 108 valence electrons. The molecule has 0 saturated carbocycles. The Labute approximate surface area is 126 Å². The van der Waals surface area contributed by atoms with Gasteiger partial charge in [0.25, 0.3) is 0 Å². The van der Waals surface area contributed by atoms with Gasteiger partial charge in [-0.1, -0.05) is 74.5 Å². The highest BCUT2D eigenvalue weighted by Crippen LogP contribution is 2.06. The number of amidine groups is 2. The van der Waals surface area contributed by atoms with Gasteiger partial charge < -0.3 is 5.73 Å². The van der Waals surface area contributed by atoms with Crippen molar-refractivity contribution in [2.45, 2.75) is 13.8 Å². The molecule has 3 nitrogen and oxygen atoms in total. The van der Waals surface area contributed by atoms with Gasteiger partial charge in [0, 0.05) is 17.7 Å². The van der Waals surface area contributed by atoms with Gasteiger partial charge in [-0.3, -0.25) is 4.99 Å². The van der Waals surface area contributed by atoms with Crippen LogP contribution in [-0.2, 0) is 0 Å². The Hall–Kier alpha value is -2.42. The van der Waals surface area contributed by atoms with Crippen molar-refractivity contribution in [3.63, 3.8) is 0 Å². The highest BCUT2D eigenvalue weighted by Gasteiger charge is 2.05. The minimum atomic E-state index is 0.483. The van der Waals surface area contributed by atoms with Gasteiger partial charge in [0.15, 0.2) is 5.84 Å². The molecule has 21 heavy (non-hydrogen) atoms. The molecule has 0 radical (unpaired) electrons. The van der Waals surface area contributed by atoms with Gasteiger partial charge in [0.05, 0.1) is 0 Å². The Morgan fingerprint density at radius 1 is 0.905 bits per heavy atom. The zero-order valence-electron chi connectivity index (χ0n) is 12.5. The summed E-state index contributed by atoms with van der Waals surface area (Å²) in [5, 5.41) is 0. The third-order valence-corrected chi connectivity index (χ3v) is 2.93. The van der Waals surface area contributed by atoms with Crippen molar-refractivity contribution in [1.29, 1.82) is 0 Å². The number of nitrogens with zero attached hydrogens (tertiary/aromatic N) is 2. The van der Waals surface area contributed by atoms with Crippen molar-refractivity contribution < 1.29 is 0 Å². The van der Waals surface area contributed by atoms with Crippen molar-refractivity contribution in [2.75, 3.05) is 6.54 Å². The quantitative estimate of drug-likeness (QED) is 0.676. The van der Waals surface area contributed by atoms with Crippen LogP contribution in [0.25, 0.3) is 0 Å². The molecule has 0 aliphatic heterocycles. The first-order chi connectivity index (χ1) is 10.2. The predicted octanol–water partition coefficient (Wildman–Crippen LogP) is 3.49. The second-order valence-electron chi connectivity index (χ2n) is 5.29. The molecule has 2 aromatic rings. The van der Waals surface area contributed by atoms with Crippen LogP contribution in [0.5, 0.6) is 0 Å². The van der Waals surface area contributed by atoms with Crippen LogP contribution in [0.2, 0.25) is 0 Å². The monoisotopic (exact) mass is 279 g/mol. The van der Waals surface area contributed by atoms with Crippen molar-refractivity contribution in [1.82, 2.24) is 0 Å². The minimum Gasteiger partial charge on any atom is -0.383 e. The molecule has 0 fully saturated rings. The van der Waals surface area contributed by atoms with Gasteiger partial charge in [-0.25, -0.2) is 4.99 Å². The summed E-state index contributed by atoms with van der Waals surface area (Å²) in [4.78, 5) is 9.14. The van der Waals surface area contributed by atoms with Gasteiger partial charge in [-0.2, -0.15) is 0 Å². The average molecular weight is 279 g/mol. The summed E-state index contributed by atoms with van der Waals surface area (Å²) in [5.41, 5.74) is 8.00. The molecule has 0 saturated heterocycles. The molecule has 0 aromatic heterocycles. The number of aliphatic imine (C=N–C) groups is 2. The maximum Gasteiger partial charge on any atom is 0.156 e. The number of benzene rings is 2. The molecule has 0 unspecified atom stereocenters. The first kappa shape index (κ1) is 15.0. The predicted molar refractivity (Wildman–Crippen MR) is 89.9 cm³/mol. The van der Waals surface area contributed by atoms with Gasteiger partial charge >= 0.3 is 0 Å². The summed E-state index contributed by atoms with van der Waals surface area (Å²) < 4.78 is 0. The second-order valence-corrected chi connectivity index (χ2v) is 5.29. The van der Waals surface area contributed by atoms with Crippen molar-refractivity contribution >= 4 is 11.7 Å². The lowest BCUT2D eigenvalue weighted by Gasteiger charge is -2.06. The zero-order valence-corrected chi connectivity index (χ0v) is 12.5. The third-order valence-electron chi connectivity index (χ3n) is 2.93. The highest BCUT2D eigenvalue weighted by atomic mass is 15.0. The van der Waals surface area contributed by atoms with Gasteiger partial charge in [0.1, 0.15) is 5.84 Å². The fourth-order valence-corrected chi connectivity index (χ4v) is 1.84. The van der Waals surface area contributed by atoms with E-state index in [-0.39, 0.29) is 0 Å². The topological polar surface area (TPSA) is 50.7 Å². The first-order valence-corrected chi connectivity index (χ1v) is 7.16. The number of hydrogen-bond acceptors (Lipinski definition) is 1. The van der Waals surface area contributed by atoms with E-state index in [1.165, 1.54) is 0 Å². The van der Waals surface area contributed by atoms with Crippen molar-refractivity contribution in [3.8, 4) is 0 Å². The SMILES string of the molecule is CC(C)CN=C(N=C(N)c1ccccc1)c1ccccc1. The van der Waals surface area contributed by atoms with Crippen molar-refractivity contribution in [3.05, 3.63) is 71.8 Å². The van der Waals surface area contributed by atoms with Crippen LogP contribution < -0.4 is 5.73 Å². The maximum atomic E-state index is 6.11. The normalized spacial score (nSPS) is 12.7. The van der Waals surface area contributed by atoms with Crippen LogP contribution in [0.1, 0.15) is 25.0 Å². The Morgan fingerprint density at radius 2 is 1.43 bits per heavy atom. The number of nitrogens with two attached hydrogens (primary N) is 1. The first-order valence-electron chi connectivity index (χ1n) is 7.16. The van der Waals surface area contributed by atoms with E-state index in [1.54, 1.807) is 0 Å². The van der Waals surface area contributed by atoms with E-state index < -0.39 is 0 Å². The van der Waals surface area contributed by atoms with E-state index in [9.17, 15) is 0 Å². The summed E-state index contributed by atoms with van der Waals surface area (Å²) in [5.74, 6) is 1.66. The molecule has 0 bridgehead atoms. The average Bonchev–Trinajstić information content (AvgIpc) is 2.52. The lowest BCUT2D eigenvalue weighted by Crippen LogP contribution is -2.16. The molecule has 0 spiro atoms. The van der Waals surface area contributed by atoms with Gasteiger partial charge in [-0.05, 0) is 5.92 Å². The summed E-state index contributed by atoms with van der Waals surface area (Å²) in [7, 11) is 0. The Kier molecular flexibility index (Phi) is 5.27. The van der Waals surface area contributed by atoms with E-state index in [0.717, 1.165) is 17.7 Å². The van der Waals surface area contributed by atoms with Crippen LogP contribution in [0.3, 0.4) is 0 Å². The molecule has 0 atom stereocenters. The molecule has 0 aliphatic rings. The summed E-state index contributed by atoms with van der Waals surface area (Å²) in [6.07, 6.45) is 0.